The zero-order valence-corrected chi connectivity index (χ0v) is 12.3. The smallest absolute Gasteiger partial charge is 0.337 e. The van der Waals surface area contributed by atoms with Gasteiger partial charge in [-0.3, -0.25) is 0 Å². The summed E-state index contributed by atoms with van der Waals surface area (Å²) in [5, 5.41) is 9.19. The summed E-state index contributed by atoms with van der Waals surface area (Å²) in [7, 11) is -3.84. The average Bonchev–Trinajstić information content (AvgIpc) is 2.69. The number of nitrogens with two attached hydrogens (primary N) is 1. The van der Waals surface area contributed by atoms with Gasteiger partial charge in [-0.25, -0.2) is 13.2 Å². The van der Waals surface area contributed by atoms with Gasteiger partial charge in [-0.15, -0.1) is 0 Å². The summed E-state index contributed by atoms with van der Waals surface area (Å²) in [5.74, 6) is -1.30. The molecule has 0 spiro atoms. The Balaban J connectivity index is 2.58. The minimum Gasteiger partial charge on any atom is -0.478 e. The van der Waals surface area contributed by atoms with Crippen LogP contribution in [0.4, 0.5) is 5.69 Å². The molecule has 7 heteroatoms. The molecular weight excluding hydrogens is 280 g/mol. The SMILES string of the molecule is CC1(C)CCCN1S(=O)(=O)c1ccc(N)cc1C(=O)O. The fraction of sp³-hybridized carbons (Fsp3) is 0.462. The highest BCUT2D eigenvalue weighted by molar-refractivity contribution is 7.89. The van der Waals surface area contributed by atoms with Crippen molar-refractivity contribution in [3.8, 4) is 0 Å². The fourth-order valence-electron chi connectivity index (χ4n) is 2.59. The van der Waals surface area contributed by atoms with E-state index < -0.39 is 21.5 Å². The largest absolute Gasteiger partial charge is 0.478 e. The van der Waals surface area contributed by atoms with Crippen molar-refractivity contribution >= 4 is 21.7 Å². The Morgan fingerprint density at radius 1 is 1.40 bits per heavy atom. The molecule has 0 aromatic heterocycles. The number of benzene rings is 1. The van der Waals surface area contributed by atoms with E-state index in [2.05, 4.69) is 0 Å². The van der Waals surface area contributed by atoms with E-state index >= 15 is 0 Å². The zero-order valence-electron chi connectivity index (χ0n) is 11.5. The summed E-state index contributed by atoms with van der Waals surface area (Å²) in [6.07, 6.45) is 1.52. The lowest BCUT2D eigenvalue weighted by Gasteiger charge is -2.30. The van der Waals surface area contributed by atoms with E-state index in [-0.39, 0.29) is 16.1 Å². The number of nitrogen functional groups attached to an aromatic ring is 1. The summed E-state index contributed by atoms with van der Waals surface area (Å²) < 4.78 is 26.8. The maximum Gasteiger partial charge on any atom is 0.337 e. The van der Waals surface area contributed by atoms with Gasteiger partial charge in [0.15, 0.2) is 0 Å². The molecule has 2 rings (SSSR count). The third kappa shape index (κ3) is 2.38. The van der Waals surface area contributed by atoms with Crippen molar-refractivity contribution in [1.82, 2.24) is 4.31 Å². The molecule has 1 heterocycles. The molecule has 1 aromatic rings. The quantitative estimate of drug-likeness (QED) is 0.824. The summed E-state index contributed by atoms with van der Waals surface area (Å²) in [6.45, 7) is 4.09. The lowest BCUT2D eigenvalue weighted by molar-refractivity contribution is 0.0692. The first-order valence-electron chi connectivity index (χ1n) is 6.32. The van der Waals surface area contributed by atoms with E-state index in [4.69, 9.17) is 5.73 Å². The number of carboxylic acid groups (broad SMARTS) is 1. The molecule has 1 saturated heterocycles. The Morgan fingerprint density at radius 2 is 2.05 bits per heavy atom. The van der Waals surface area contributed by atoms with Crippen molar-refractivity contribution in [1.29, 1.82) is 0 Å². The highest BCUT2D eigenvalue weighted by Gasteiger charge is 2.42. The number of hydrogen-bond acceptors (Lipinski definition) is 4. The van der Waals surface area contributed by atoms with Gasteiger partial charge in [-0.2, -0.15) is 4.31 Å². The molecule has 0 amide bonds. The van der Waals surface area contributed by atoms with Crippen LogP contribution in [0.3, 0.4) is 0 Å². The van der Waals surface area contributed by atoms with E-state index in [0.29, 0.717) is 6.54 Å². The first-order chi connectivity index (χ1) is 9.16. The molecule has 0 aliphatic carbocycles. The zero-order chi connectivity index (χ0) is 15.1. The third-order valence-electron chi connectivity index (χ3n) is 3.63. The van der Waals surface area contributed by atoms with Crippen LogP contribution in [-0.2, 0) is 10.0 Å². The van der Waals surface area contributed by atoms with Crippen molar-refractivity contribution in [2.24, 2.45) is 0 Å². The molecule has 0 radical (unpaired) electrons. The fourth-order valence-corrected chi connectivity index (χ4v) is 4.60. The Hall–Kier alpha value is -1.60. The average molecular weight is 298 g/mol. The molecule has 0 saturated carbocycles. The summed E-state index contributed by atoms with van der Waals surface area (Å²) >= 11 is 0. The van der Waals surface area contributed by atoms with Gasteiger partial charge in [-0.05, 0) is 44.9 Å². The minimum absolute atomic E-state index is 0.200. The van der Waals surface area contributed by atoms with Gasteiger partial charge in [0.05, 0.1) is 10.5 Å². The second-order valence-electron chi connectivity index (χ2n) is 5.55. The van der Waals surface area contributed by atoms with Gasteiger partial charge in [0.1, 0.15) is 0 Å². The van der Waals surface area contributed by atoms with Crippen LogP contribution >= 0.6 is 0 Å². The first kappa shape index (κ1) is 14.8. The van der Waals surface area contributed by atoms with Crippen molar-refractivity contribution < 1.29 is 18.3 Å². The Kier molecular flexibility index (Phi) is 3.51. The third-order valence-corrected chi connectivity index (χ3v) is 5.80. The number of nitrogens with zero attached hydrogens (tertiary/aromatic N) is 1. The standard InChI is InChI=1S/C13H18N2O4S/c1-13(2)6-3-7-15(13)20(18,19)11-5-4-9(14)8-10(11)12(16)17/h4-5,8H,3,6-7,14H2,1-2H3,(H,16,17). The predicted molar refractivity (Wildman–Crippen MR) is 75.0 cm³/mol. The topological polar surface area (TPSA) is 101 Å². The van der Waals surface area contributed by atoms with Crippen molar-refractivity contribution in [2.75, 3.05) is 12.3 Å². The molecular formula is C13H18N2O4S. The van der Waals surface area contributed by atoms with E-state index in [1.165, 1.54) is 22.5 Å². The normalized spacial score (nSPS) is 19.1. The highest BCUT2D eigenvalue weighted by atomic mass is 32.2. The lowest BCUT2D eigenvalue weighted by Crippen LogP contribution is -2.43. The van der Waals surface area contributed by atoms with E-state index in [9.17, 15) is 18.3 Å². The molecule has 0 unspecified atom stereocenters. The van der Waals surface area contributed by atoms with Crippen LogP contribution in [-0.4, -0.2) is 35.9 Å². The minimum atomic E-state index is -3.84. The molecule has 6 nitrogen and oxygen atoms in total. The van der Waals surface area contributed by atoms with Crippen molar-refractivity contribution in [2.45, 2.75) is 37.1 Å². The van der Waals surface area contributed by atoms with E-state index in [1.807, 2.05) is 13.8 Å². The second-order valence-corrected chi connectivity index (χ2v) is 7.38. The number of hydrogen-bond donors (Lipinski definition) is 2. The van der Waals surface area contributed by atoms with Crippen molar-refractivity contribution in [3.05, 3.63) is 23.8 Å². The van der Waals surface area contributed by atoms with E-state index in [0.717, 1.165) is 12.8 Å². The second kappa shape index (κ2) is 4.75. The monoisotopic (exact) mass is 298 g/mol. The Morgan fingerprint density at radius 3 is 2.55 bits per heavy atom. The molecule has 1 aromatic carbocycles. The van der Waals surface area contributed by atoms with Crippen LogP contribution < -0.4 is 5.73 Å². The summed E-state index contributed by atoms with van der Waals surface area (Å²) in [4.78, 5) is 11.1. The van der Waals surface area contributed by atoms with Gasteiger partial charge >= 0.3 is 5.97 Å². The summed E-state index contributed by atoms with van der Waals surface area (Å²) in [5.41, 5.74) is 4.98. The number of anilines is 1. The number of sulfonamides is 1. The molecule has 1 fully saturated rings. The van der Waals surface area contributed by atoms with Gasteiger partial charge in [-0.1, -0.05) is 0 Å². The van der Waals surface area contributed by atoms with E-state index in [1.54, 1.807) is 0 Å². The molecule has 0 bridgehead atoms. The number of carbonyl (C=O) groups is 1. The van der Waals surface area contributed by atoms with Crippen LogP contribution in [0.5, 0.6) is 0 Å². The van der Waals surface area contributed by atoms with Crippen LogP contribution in [0.15, 0.2) is 23.1 Å². The molecule has 3 N–H and O–H groups in total. The molecule has 20 heavy (non-hydrogen) atoms. The van der Waals surface area contributed by atoms with Gasteiger partial charge < -0.3 is 10.8 Å². The Bertz CT molecular complexity index is 652. The molecule has 1 aliphatic rings. The molecule has 1 aliphatic heterocycles. The maximum absolute atomic E-state index is 12.7. The number of rotatable bonds is 3. The van der Waals surface area contributed by atoms with Gasteiger partial charge in [0, 0.05) is 17.8 Å². The highest BCUT2D eigenvalue weighted by Crippen LogP contribution is 2.35. The predicted octanol–water partition coefficient (Wildman–Crippen LogP) is 1.53. The van der Waals surface area contributed by atoms with Crippen LogP contribution in [0, 0.1) is 0 Å². The molecule has 0 atom stereocenters. The summed E-state index contributed by atoms with van der Waals surface area (Å²) in [6, 6.07) is 3.85. The Labute approximate surface area is 118 Å². The van der Waals surface area contributed by atoms with Gasteiger partial charge in [0.25, 0.3) is 0 Å². The van der Waals surface area contributed by atoms with Crippen LogP contribution in [0.1, 0.15) is 37.0 Å². The maximum atomic E-state index is 12.7. The van der Waals surface area contributed by atoms with Crippen molar-refractivity contribution in [3.63, 3.8) is 0 Å². The number of aromatic carboxylic acids is 1. The van der Waals surface area contributed by atoms with Crippen LogP contribution in [0.2, 0.25) is 0 Å². The van der Waals surface area contributed by atoms with Crippen LogP contribution in [0.25, 0.3) is 0 Å². The lowest BCUT2D eigenvalue weighted by atomic mass is 10.0. The first-order valence-corrected chi connectivity index (χ1v) is 7.76. The van der Waals surface area contributed by atoms with Gasteiger partial charge in [0.2, 0.25) is 10.0 Å². The number of carboxylic acids is 1. The molecule has 110 valence electrons.